The van der Waals surface area contributed by atoms with Crippen LogP contribution in [0, 0.1) is 0 Å². The van der Waals surface area contributed by atoms with Crippen molar-refractivity contribution < 1.29 is 9.15 Å². The van der Waals surface area contributed by atoms with Crippen LogP contribution in [-0.4, -0.2) is 32.9 Å². The summed E-state index contributed by atoms with van der Waals surface area (Å²) in [4.78, 5) is 0. The van der Waals surface area contributed by atoms with Gasteiger partial charge in [-0.15, -0.1) is 10.2 Å². The molecule has 3 aromatic rings. The highest BCUT2D eigenvalue weighted by atomic mass is 32.2. The number of aromatic nitrogens is 3. The molecule has 7 heteroatoms. The summed E-state index contributed by atoms with van der Waals surface area (Å²) in [6.45, 7) is 0.778. The molecule has 2 aliphatic heterocycles. The van der Waals surface area contributed by atoms with E-state index in [1.165, 1.54) is 0 Å². The van der Waals surface area contributed by atoms with Crippen LogP contribution >= 0.6 is 11.8 Å². The molecule has 0 saturated carbocycles. The van der Waals surface area contributed by atoms with Gasteiger partial charge in [0.05, 0.1) is 0 Å². The molecule has 1 atom stereocenters. The first-order valence-corrected chi connectivity index (χ1v) is 8.63. The molecule has 5 rings (SSSR count). The normalized spacial score (nSPS) is 20.7. The minimum atomic E-state index is -0.00405. The molecule has 2 aliphatic rings. The number of thioether (sulfide) groups is 1. The van der Waals surface area contributed by atoms with E-state index in [-0.39, 0.29) is 6.10 Å². The third kappa shape index (κ3) is 2.19. The van der Waals surface area contributed by atoms with Crippen molar-refractivity contribution in [2.45, 2.75) is 24.1 Å². The van der Waals surface area contributed by atoms with Gasteiger partial charge in [-0.05, 0) is 25.0 Å². The van der Waals surface area contributed by atoms with Crippen molar-refractivity contribution in [3.8, 4) is 0 Å². The SMILES string of the molecule is c1ccc2oc(C3=Nn4c(nnc4[C@@H]4CCCO4)SC3)cc2c1. The van der Waals surface area contributed by atoms with Gasteiger partial charge in [0, 0.05) is 17.7 Å². The van der Waals surface area contributed by atoms with Crippen molar-refractivity contribution in [3.05, 3.63) is 41.9 Å². The van der Waals surface area contributed by atoms with Gasteiger partial charge in [0.15, 0.2) is 11.6 Å². The molecule has 0 spiro atoms. The van der Waals surface area contributed by atoms with E-state index in [2.05, 4.69) is 10.2 Å². The molecule has 4 heterocycles. The molecule has 1 fully saturated rings. The summed E-state index contributed by atoms with van der Waals surface area (Å²) in [6.07, 6.45) is 2.02. The molecule has 2 aromatic heterocycles. The van der Waals surface area contributed by atoms with Gasteiger partial charge in [0.1, 0.15) is 17.4 Å². The van der Waals surface area contributed by atoms with Crippen LogP contribution in [0.5, 0.6) is 0 Å². The number of nitrogens with zero attached hydrogens (tertiary/aromatic N) is 4. The van der Waals surface area contributed by atoms with Crippen LogP contribution in [-0.2, 0) is 4.74 Å². The predicted molar refractivity (Wildman–Crippen MR) is 86.8 cm³/mol. The van der Waals surface area contributed by atoms with Crippen LogP contribution in [0.25, 0.3) is 11.0 Å². The van der Waals surface area contributed by atoms with E-state index in [1.807, 2.05) is 35.0 Å². The molecule has 0 amide bonds. The molecule has 23 heavy (non-hydrogen) atoms. The van der Waals surface area contributed by atoms with Crippen LogP contribution < -0.4 is 0 Å². The molecule has 0 bridgehead atoms. The maximum absolute atomic E-state index is 5.93. The van der Waals surface area contributed by atoms with Crippen molar-refractivity contribution in [2.75, 3.05) is 12.4 Å². The monoisotopic (exact) mass is 326 g/mol. The third-order valence-electron chi connectivity index (χ3n) is 4.12. The molecule has 0 unspecified atom stereocenters. The lowest BCUT2D eigenvalue weighted by Gasteiger charge is -2.14. The summed E-state index contributed by atoms with van der Waals surface area (Å²) in [5.41, 5.74) is 1.78. The van der Waals surface area contributed by atoms with Gasteiger partial charge in [-0.2, -0.15) is 9.78 Å². The van der Waals surface area contributed by atoms with E-state index in [0.29, 0.717) is 0 Å². The number of hydrogen-bond donors (Lipinski definition) is 0. The topological polar surface area (TPSA) is 65.4 Å². The zero-order valence-electron chi connectivity index (χ0n) is 12.3. The average molecular weight is 326 g/mol. The van der Waals surface area contributed by atoms with E-state index in [0.717, 1.165) is 58.6 Å². The number of furan rings is 1. The second-order valence-corrected chi connectivity index (χ2v) is 6.58. The van der Waals surface area contributed by atoms with Crippen molar-refractivity contribution in [1.29, 1.82) is 0 Å². The van der Waals surface area contributed by atoms with Gasteiger partial charge in [-0.3, -0.25) is 0 Å². The lowest BCUT2D eigenvalue weighted by Crippen LogP contribution is -2.15. The summed E-state index contributed by atoms with van der Waals surface area (Å²) in [6, 6.07) is 10.0. The van der Waals surface area contributed by atoms with Gasteiger partial charge < -0.3 is 9.15 Å². The number of rotatable bonds is 2. The molecule has 1 aromatic carbocycles. The fraction of sp³-hybridized carbons (Fsp3) is 0.312. The molecule has 6 nitrogen and oxygen atoms in total. The molecular formula is C16H14N4O2S. The lowest BCUT2D eigenvalue weighted by atomic mass is 10.2. The van der Waals surface area contributed by atoms with Gasteiger partial charge >= 0.3 is 0 Å². The van der Waals surface area contributed by atoms with Crippen molar-refractivity contribution >= 4 is 28.4 Å². The van der Waals surface area contributed by atoms with Gasteiger partial charge in [-0.1, -0.05) is 30.0 Å². The zero-order valence-corrected chi connectivity index (χ0v) is 13.1. The second-order valence-electron chi connectivity index (χ2n) is 5.64. The Hall–Kier alpha value is -2.12. The molecule has 0 aliphatic carbocycles. The van der Waals surface area contributed by atoms with Gasteiger partial charge in [-0.25, -0.2) is 0 Å². The van der Waals surface area contributed by atoms with Crippen molar-refractivity contribution in [1.82, 2.24) is 14.9 Å². The van der Waals surface area contributed by atoms with Crippen LogP contribution in [0.15, 0.2) is 45.0 Å². The summed E-state index contributed by atoms with van der Waals surface area (Å²) in [7, 11) is 0. The number of benzene rings is 1. The molecule has 0 radical (unpaired) electrons. The molecule has 0 N–H and O–H groups in total. The van der Waals surface area contributed by atoms with E-state index in [4.69, 9.17) is 14.3 Å². The maximum atomic E-state index is 5.93. The fourth-order valence-electron chi connectivity index (χ4n) is 2.97. The first kappa shape index (κ1) is 13.3. The summed E-state index contributed by atoms with van der Waals surface area (Å²) in [5.74, 6) is 2.32. The van der Waals surface area contributed by atoms with Gasteiger partial charge in [0.2, 0.25) is 5.16 Å². The first-order chi connectivity index (χ1) is 11.4. The molecular weight excluding hydrogens is 312 g/mol. The number of hydrogen-bond acceptors (Lipinski definition) is 6. The highest BCUT2D eigenvalue weighted by Crippen LogP contribution is 2.32. The largest absolute Gasteiger partial charge is 0.455 e. The van der Waals surface area contributed by atoms with E-state index in [9.17, 15) is 0 Å². The third-order valence-corrected chi connectivity index (χ3v) is 5.05. The Morgan fingerprint density at radius 3 is 3.04 bits per heavy atom. The first-order valence-electron chi connectivity index (χ1n) is 7.65. The summed E-state index contributed by atoms with van der Waals surface area (Å²) in [5, 5.41) is 15.1. The Kier molecular flexibility index (Phi) is 3.02. The fourth-order valence-corrected chi connectivity index (χ4v) is 3.79. The molecule has 1 saturated heterocycles. The van der Waals surface area contributed by atoms with E-state index in [1.54, 1.807) is 11.8 Å². The van der Waals surface area contributed by atoms with E-state index >= 15 is 0 Å². The van der Waals surface area contributed by atoms with Crippen molar-refractivity contribution in [2.24, 2.45) is 5.10 Å². The average Bonchev–Trinajstić information content (AvgIpc) is 3.31. The Bertz CT molecular complexity index is 875. The Morgan fingerprint density at radius 1 is 1.22 bits per heavy atom. The standard InChI is InChI=1S/C16H14N4O2S/c1-2-5-12-10(4-1)8-14(22-12)11-9-23-16-18-17-15(20(16)19-11)13-6-3-7-21-13/h1-2,4-5,8,13H,3,6-7,9H2/t13-/m0/s1. The highest BCUT2D eigenvalue weighted by Gasteiger charge is 2.28. The van der Waals surface area contributed by atoms with E-state index < -0.39 is 0 Å². The maximum Gasteiger partial charge on any atom is 0.212 e. The van der Waals surface area contributed by atoms with Crippen LogP contribution in [0.2, 0.25) is 0 Å². The van der Waals surface area contributed by atoms with Gasteiger partial charge in [0.25, 0.3) is 0 Å². The quantitative estimate of drug-likeness (QED) is 0.723. The Labute approximate surface area is 136 Å². The summed E-state index contributed by atoms with van der Waals surface area (Å²) < 4.78 is 13.5. The highest BCUT2D eigenvalue weighted by molar-refractivity contribution is 7.99. The number of fused-ring (bicyclic) bond motifs is 2. The lowest BCUT2D eigenvalue weighted by molar-refractivity contribution is 0.102. The minimum absolute atomic E-state index is 0.00405. The smallest absolute Gasteiger partial charge is 0.212 e. The predicted octanol–water partition coefficient (Wildman–Crippen LogP) is 3.23. The Morgan fingerprint density at radius 2 is 2.17 bits per heavy atom. The summed E-state index contributed by atoms with van der Waals surface area (Å²) >= 11 is 1.62. The number of ether oxygens (including phenoxy) is 1. The van der Waals surface area contributed by atoms with Crippen LogP contribution in [0.3, 0.4) is 0 Å². The minimum Gasteiger partial charge on any atom is -0.455 e. The second kappa shape index (κ2) is 5.21. The zero-order chi connectivity index (χ0) is 15.2. The number of para-hydroxylation sites is 1. The molecule has 116 valence electrons. The van der Waals surface area contributed by atoms with Crippen molar-refractivity contribution in [3.63, 3.8) is 0 Å². The van der Waals surface area contributed by atoms with Crippen LogP contribution in [0.4, 0.5) is 0 Å². The van der Waals surface area contributed by atoms with Crippen LogP contribution in [0.1, 0.15) is 30.5 Å². The Balaban J connectivity index is 1.57.